The lowest BCUT2D eigenvalue weighted by atomic mass is 10.3. The molecule has 0 atom stereocenters. The summed E-state index contributed by atoms with van der Waals surface area (Å²) in [6, 6.07) is 5.48. The van der Waals surface area contributed by atoms with Crippen LogP contribution in [0.2, 0.25) is 0 Å². The number of alkyl halides is 3. The topological polar surface area (TPSA) is 47.0 Å². The summed E-state index contributed by atoms with van der Waals surface area (Å²) in [7, 11) is 0. The van der Waals surface area contributed by atoms with Gasteiger partial charge in [0.2, 0.25) is 0 Å². The van der Waals surface area contributed by atoms with Gasteiger partial charge in [-0.05, 0) is 28.1 Å². The number of aromatic nitrogens is 2. The minimum Gasteiger partial charge on any atom is -0.406 e. The Hall–Kier alpha value is -1.83. The Morgan fingerprint density at radius 3 is 2.74 bits per heavy atom. The predicted octanol–water partition coefficient (Wildman–Crippen LogP) is 3.88. The number of nitrogens with zero attached hydrogens (tertiary/aromatic N) is 2. The highest BCUT2D eigenvalue weighted by atomic mass is 79.9. The molecule has 1 aromatic carbocycles. The highest BCUT2D eigenvalue weighted by Crippen LogP contribution is 2.27. The second-order valence-corrected chi connectivity index (χ2v) is 4.27. The first-order valence-electron chi connectivity index (χ1n) is 5.02. The molecule has 1 aromatic heterocycles. The van der Waals surface area contributed by atoms with Crippen LogP contribution in [0.4, 0.5) is 24.7 Å². The van der Waals surface area contributed by atoms with Crippen LogP contribution < -0.4 is 10.1 Å². The van der Waals surface area contributed by atoms with Gasteiger partial charge in [0.15, 0.2) is 0 Å². The van der Waals surface area contributed by atoms with E-state index in [2.05, 4.69) is 36.0 Å². The quantitative estimate of drug-likeness (QED) is 0.925. The number of hydrogen-bond acceptors (Lipinski definition) is 4. The fourth-order valence-electron chi connectivity index (χ4n) is 1.31. The first-order chi connectivity index (χ1) is 8.94. The molecule has 0 unspecified atom stereocenters. The SMILES string of the molecule is FC(F)(F)Oc1cccc(Nc2ncncc2Br)c1. The molecular weight excluding hydrogens is 327 g/mol. The van der Waals surface area contributed by atoms with Gasteiger partial charge in [0.05, 0.1) is 4.47 Å². The molecule has 0 spiro atoms. The number of ether oxygens (including phenoxy) is 1. The van der Waals surface area contributed by atoms with E-state index in [0.29, 0.717) is 16.0 Å². The smallest absolute Gasteiger partial charge is 0.406 e. The maximum Gasteiger partial charge on any atom is 0.573 e. The summed E-state index contributed by atoms with van der Waals surface area (Å²) in [6.07, 6.45) is -1.87. The van der Waals surface area contributed by atoms with Crippen molar-refractivity contribution < 1.29 is 17.9 Å². The zero-order valence-corrected chi connectivity index (χ0v) is 10.9. The van der Waals surface area contributed by atoms with E-state index in [9.17, 15) is 13.2 Å². The van der Waals surface area contributed by atoms with E-state index < -0.39 is 6.36 Å². The van der Waals surface area contributed by atoms with E-state index in [-0.39, 0.29) is 5.75 Å². The molecule has 0 saturated carbocycles. The molecule has 0 saturated heterocycles. The monoisotopic (exact) mass is 333 g/mol. The van der Waals surface area contributed by atoms with Crippen LogP contribution in [-0.4, -0.2) is 16.3 Å². The summed E-state index contributed by atoms with van der Waals surface area (Å²) in [5.41, 5.74) is 0.418. The molecule has 4 nitrogen and oxygen atoms in total. The van der Waals surface area contributed by atoms with Crippen LogP contribution in [-0.2, 0) is 0 Å². The van der Waals surface area contributed by atoms with E-state index in [1.807, 2.05) is 0 Å². The van der Waals surface area contributed by atoms with E-state index >= 15 is 0 Å². The molecule has 0 bridgehead atoms. The summed E-state index contributed by atoms with van der Waals surface area (Å²) in [5.74, 6) is 0.141. The van der Waals surface area contributed by atoms with Crippen LogP contribution in [0.1, 0.15) is 0 Å². The van der Waals surface area contributed by atoms with Gasteiger partial charge in [0.25, 0.3) is 0 Å². The minimum absolute atomic E-state index is 0.303. The Kier molecular flexibility index (Phi) is 3.89. The molecule has 19 heavy (non-hydrogen) atoms. The summed E-state index contributed by atoms with van der Waals surface area (Å²) >= 11 is 3.22. The van der Waals surface area contributed by atoms with E-state index in [1.165, 1.54) is 30.7 Å². The first-order valence-corrected chi connectivity index (χ1v) is 5.82. The van der Waals surface area contributed by atoms with Crippen LogP contribution in [0, 0.1) is 0 Å². The second-order valence-electron chi connectivity index (χ2n) is 3.42. The summed E-state index contributed by atoms with van der Waals surface area (Å²) in [6.45, 7) is 0. The molecular formula is C11H7BrF3N3O. The molecule has 0 fully saturated rings. The largest absolute Gasteiger partial charge is 0.573 e. The highest BCUT2D eigenvalue weighted by molar-refractivity contribution is 9.10. The standard InChI is InChI=1S/C11H7BrF3N3O/c12-9-5-16-6-17-10(9)18-7-2-1-3-8(4-7)19-11(13,14)15/h1-6H,(H,16,17,18). The van der Waals surface area contributed by atoms with Gasteiger partial charge in [-0.25, -0.2) is 9.97 Å². The van der Waals surface area contributed by atoms with Gasteiger partial charge in [0, 0.05) is 18.0 Å². The van der Waals surface area contributed by atoms with Crippen molar-refractivity contribution in [2.45, 2.75) is 6.36 Å². The zero-order valence-electron chi connectivity index (χ0n) is 9.28. The van der Waals surface area contributed by atoms with Crippen molar-refractivity contribution in [1.82, 2.24) is 9.97 Å². The second kappa shape index (κ2) is 5.43. The molecule has 0 radical (unpaired) electrons. The van der Waals surface area contributed by atoms with Crippen molar-refractivity contribution in [3.05, 3.63) is 41.3 Å². The van der Waals surface area contributed by atoms with Crippen LogP contribution in [0.15, 0.2) is 41.3 Å². The molecule has 0 aliphatic heterocycles. The lowest BCUT2D eigenvalue weighted by Crippen LogP contribution is -2.17. The van der Waals surface area contributed by atoms with Gasteiger partial charge in [-0.15, -0.1) is 13.2 Å². The van der Waals surface area contributed by atoms with Crippen molar-refractivity contribution in [2.75, 3.05) is 5.32 Å². The summed E-state index contributed by atoms with van der Waals surface area (Å²) in [4.78, 5) is 7.73. The van der Waals surface area contributed by atoms with Crippen LogP contribution in [0.25, 0.3) is 0 Å². The van der Waals surface area contributed by atoms with Crippen LogP contribution in [0.3, 0.4) is 0 Å². The van der Waals surface area contributed by atoms with E-state index in [4.69, 9.17) is 0 Å². The molecule has 2 aromatic rings. The average Bonchev–Trinajstić information content (AvgIpc) is 2.30. The fourth-order valence-corrected chi connectivity index (χ4v) is 1.63. The van der Waals surface area contributed by atoms with Crippen LogP contribution in [0.5, 0.6) is 5.75 Å². The van der Waals surface area contributed by atoms with Crippen molar-refractivity contribution >= 4 is 27.4 Å². The third kappa shape index (κ3) is 4.09. The van der Waals surface area contributed by atoms with Crippen molar-refractivity contribution in [3.63, 3.8) is 0 Å². The maximum atomic E-state index is 12.1. The van der Waals surface area contributed by atoms with Gasteiger partial charge in [-0.2, -0.15) is 0 Å². The Balaban J connectivity index is 2.18. The minimum atomic E-state index is -4.71. The number of anilines is 2. The molecule has 100 valence electrons. The Morgan fingerprint density at radius 2 is 2.05 bits per heavy atom. The molecule has 1 N–H and O–H groups in total. The predicted molar refractivity (Wildman–Crippen MR) is 66.1 cm³/mol. The lowest BCUT2D eigenvalue weighted by molar-refractivity contribution is -0.274. The average molecular weight is 334 g/mol. The Labute approximate surface area is 114 Å². The van der Waals surface area contributed by atoms with Crippen molar-refractivity contribution in [2.24, 2.45) is 0 Å². The van der Waals surface area contributed by atoms with E-state index in [0.717, 1.165) is 0 Å². The third-order valence-electron chi connectivity index (χ3n) is 2.00. The Bertz CT molecular complexity index is 577. The third-order valence-corrected chi connectivity index (χ3v) is 2.58. The van der Waals surface area contributed by atoms with Gasteiger partial charge in [-0.1, -0.05) is 6.07 Å². The number of benzene rings is 1. The first kappa shape index (κ1) is 13.6. The number of hydrogen-bond donors (Lipinski definition) is 1. The van der Waals surface area contributed by atoms with Crippen molar-refractivity contribution in [3.8, 4) is 5.75 Å². The summed E-state index contributed by atoms with van der Waals surface area (Å²) in [5, 5.41) is 2.85. The molecule has 0 aliphatic carbocycles. The van der Waals surface area contributed by atoms with E-state index in [1.54, 1.807) is 6.07 Å². The normalized spacial score (nSPS) is 11.2. The van der Waals surface area contributed by atoms with Gasteiger partial charge in [0.1, 0.15) is 17.9 Å². The van der Waals surface area contributed by atoms with Gasteiger partial charge in [-0.3, -0.25) is 0 Å². The molecule has 1 heterocycles. The Morgan fingerprint density at radius 1 is 1.26 bits per heavy atom. The van der Waals surface area contributed by atoms with Crippen molar-refractivity contribution in [1.29, 1.82) is 0 Å². The van der Waals surface area contributed by atoms with Crippen LogP contribution >= 0.6 is 15.9 Å². The zero-order chi connectivity index (χ0) is 13.9. The lowest BCUT2D eigenvalue weighted by Gasteiger charge is -2.11. The molecule has 0 aliphatic rings. The summed E-state index contributed by atoms with van der Waals surface area (Å²) < 4.78 is 40.7. The fraction of sp³-hybridized carbons (Fsp3) is 0.0909. The molecule has 2 rings (SSSR count). The molecule has 8 heteroatoms. The van der Waals surface area contributed by atoms with Gasteiger partial charge < -0.3 is 10.1 Å². The van der Waals surface area contributed by atoms with Gasteiger partial charge >= 0.3 is 6.36 Å². The molecule has 0 amide bonds. The number of halogens is 4. The maximum absolute atomic E-state index is 12.1. The highest BCUT2D eigenvalue weighted by Gasteiger charge is 2.31. The number of nitrogens with one attached hydrogen (secondary N) is 1. The number of rotatable bonds is 3.